The first-order valence-corrected chi connectivity index (χ1v) is 13.1. The minimum absolute atomic E-state index is 0.563. The van der Waals surface area contributed by atoms with Crippen LogP contribution in [-0.2, 0) is 6.43 Å². The molecule has 20 heavy (non-hydrogen) atoms. The van der Waals surface area contributed by atoms with Gasteiger partial charge in [-0.1, -0.05) is 143 Å². The van der Waals surface area contributed by atoms with Gasteiger partial charge in [0.15, 0.2) is 6.43 Å². The van der Waals surface area contributed by atoms with E-state index in [0.717, 1.165) is 25.6 Å². The van der Waals surface area contributed by atoms with Gasteiger partial charge in [-0.3, -0.25) is 0 Å². The fraction of sp³-hybridized carbons (Fsp3) is 0.333. The van der Waals surface area contributed by atoms with E-state index in [9.17, 15) is 0 Å². The second-order valence-electron chi connectivity index (χ2n) is 3.47. The highest BCUT2D eigenvalue weighted by molar-refractivity contribution is 9.39. The van der Waals surface area contributed by atoms with Crippen molar-refractivity contribution >= 4 is 175 Å². The van der Waals surface area contributed by atoms with Crippen molar-refractivity contribution in [3.05, 3.63) is 31.7 Å². The maximum atomic E-state index is 3.65. The maximum absolute atomic E-state index is 3.65. The van der Waals surface area contributed by atoms with Crippen molar-refractivity contribution in [1.29, 1.82) is 0 Å². The summed E-state index contributed by atoms with van der Waals surface area (Å²) in [6.07, 6.45) is 0. The molecule has 0 aromatic heterocycles. The summed E-state index contributed by atoms with van der Waals surface area (Å²) in [5.74, 6) is 0. The smallest absolute Gasteiger partial charge is 0.0545 e. The second-order valence-corrected chi connectivity index (χ2v) is 25.3. The van der Waals surface area contributed by atoms with E-state index in [1.54, 1.807) is 0 Å². The zero-order valence-electron chi connectivity index (χ0n) is 8.73. The van der Waals surface area contributed by atoms with Crippen LogP contribution in [0.25, 0.3) is 0 Å². The van der Waals surface area contributed by atoms with Gasteiger partial charge >= 0.3 is 0 Å². The summed E-state index contributed by atoms with van der Waals surface area (Å²) in [7, 11) is 0. The van der Waals surface area contributed by atoms with Crippen LogP contribution in [-0.4, -0.2) is 0 Å². The van der Waals surface area contributed by atoms with E-state index in [4.69, 9.17) is 0 Å². The van der Waals surface area contributed by atoms with Crippen molar-refractivity contribution in [3.63, 3.8) is 0 Å². The number of benzene rings is 1. The Morgan fingerprint density at radius 3 is 1.05 bits per heavy atom. The molecule has 0 unspecified atom stereocenters. The third kappa shape index (κ3) is 5.76. The molecule has 114 valence electrons. The molecule has 0 radical (unpaired) electrons. The molecule has 0 aliphatic carbocycles. The van der Waals surface area contributed by atoms with Gasteiger partial charge in [-0.15, -0.1) is 0 Å². The van der Waals surface area contributed by atoms with E-state index in [2.05, 4.69) is 175 Å². The Labute approximate surface area is 209 Å². The van der Waals surface area contributed by atoms with Crippen LogP contribution >= 0.6 is 175 Å². The second kappa shape index (κ2) is 8.03. The van der Waals surface area contributed by atoms with Crippen LogP contribution in [0.15, 0.2) is 15.0 Å². The standard InChI is InChI=1S/C9HBr11/c10-5-2(7(12,13)14)1-3(8(15,16)17)6(11)4(5)9(18,19)20/h1H. The molecule has 0 aliphatic rings. The summed E-state index contributed by atoms with van der Waals surface area (Å²) in [6, 6.07) is 2.02. The Morgan fingerprint density at radius 2 is 0.850 bits per heavy atom. The van der Waals surface area contributed by atoms with E-state index in [-0.39, 0.29) is 0 Å². The molecule has 0 nitrogen and oxygen atoms in total. The highest BCUT2D eigenvalue weighted by Crippen LogP contribution is 2.59. The topological polar surface area (TPSA) is 0 Å². The van der Waals surface area contributed by atoms with Crippen molar-refractivity contribution in [2.75, 3.05) is 0 Å². The van der Waals surface area contributed by atoms with Crippen LogP contribution in [0.5, 0.6) is 0 Å². The van der Waals surface area contributed by atoms with Gasteiger partial charge in [-0.25, -0.2) is 0 Å². The first kappa shape index (κ1) is 22.5. The zero-order valence-corrected chi connectivity index (χ0v) is 26.2. The number of alkyl halides is 9. The molecule has 0 aliphatic heterocycles. The molecule has 1 aromatic rings. The van der Waals surface area contributed by atoms with Gasteiger partial charge in [0, 0.05) is 25.6 Å². The lowest BCUT2D eigenvalue weighted by molar-refractivity contribution is 1.17. The maximum Gasteiger partial charge on any atom is 0.162 e. The third-order valence-corrected chi connectivity index (χ3v) is 7.49. The molecule has 0 N–H and O–H groups in total. The highest BCUT2D eigenvalue weighted by Gasteiger charge is 2.37. The lowest BCUT2D eigenvalue weighted by Crippen LogP contribution is -2.13. The predicted molar refractivity (Wildman–Crippen MR) is 127 cm³/mol. The normalized spacial score (nSPS) is 13.8. The SMILES string of the molecule is Brc1c(C(Br)(Br)Br)cc(C(Br)(Br)Br)c(Br)c1C(Br)(Br)Br. The van der Waals surface area contributed by atoms with E-state index >= 15 is 0 Å². The Morgan fingerprint density at radius 1 is 0.550 bits per heavy atom. The van der Waals surface area contributed by atoms with Crippen LogP contribution in [0.2, 0.25) is 0 Å². The Bertz CT molecular complexity index is 478. The fourth-order valence-corrected chi connectivity index (χ4v) is 9.64. The number of hydrogen-bond donors (Lipinski definition) is 0. The average molecular weight is 988 g/mol. The van der Waals surface area contributed by atoms with Crippen molar-refractivity contribution in [2.45, 2.75) is 6.43 Å². The minimum atomic E-state index is -0.591. The van der Waals surface area contributed by atoms with Gasteiger partial charge in [-0.2, -0.15) is 0 Å². The molecular formula is C9HBr11. The van der Waals surface area contributed by atoms with E-state index in [1.807, 2.05) is 6.07 Å². The Kier molecular flexibility index (Phi) is 9.05. The van der Waals surface area contributed by atoms with E-state index < -0.39 is 6.43 Å². The van der Waals surface area contributed by atoms with Crippen LogP contribution in [0.3, 0.4) is 0 Å². The van der Waals surface area contributed by atoms with Crippen LogP contribution in [0.4, 0.5) is 0 Å². The first-order chi connectivity index (χ1) is 8.67. The summed E-state index contributed by atoms with van der Waals surface area (Å²) in [5.41, 5.74) is 2.85. The lowest BCUT2D eigenvalue weighted by Gasteiger charge is -2.27. The number of hydrogen-bond acceptors (Lipinski definition) is 0. The largest absolute Gasteiger partial charge is 0.162 e. The first-order valence-electron chi connectivity index (χ1n) is 4.41. The third-order valence-electron chi connectivity index (χ3n) is 2.09. The predicted octanol–water partition coefficient (Wildman–Crippen LogP) is 10.1. The van der Waals surface area contributed by atoms with E-state index in [1.165, 1.54) is 0 Å². The summed E-state index contributed by atoms with van der Waals surface area (Å²) in [4.78, 5) is 0. The van der Waals surface area contributed by atoms with Gasteiger partial charge in [0.25, 0.3) is 0 Å². The number of rotatable bonds is 0. The summed E-state index contributed by atoms with van der Waals surface area (Å²) >= 11 is 39.4. The molecule has 11 heteroatoms. The molecule has 1 aromatic carbocycles. The number of halogens is 11. The molecule has 0 saturated carbocycles. The molecule has 0 heterocycles. The molecule has 0 bridgehead atoms. The van der Waals surface area contributed by atoms with Gasteiger partial charge in [0.1, 0.15) is 0 Å². The summed E-state index contributed by atoms with van der Waals surface area (Å²) in [5, 5.41) is 0. The molecule has 0 spiro atoms. The average Bonchev–Trinajstić information content (AvgIpc) is 2.10. The molecule has 1 rings (SSSR count). The summed E-state index contributed by atoms with van der Waals surface area (Å²) in [6.45, 7) is 0. The Balaban J connectivity index is 3.86. The minimum Gasteiger partial charge on any atom is -0.0545 e. The molecular weight excluding hydrogens is 987 g/mol. The van der Waals surface area contributed by atoms with Gasteiger partial charge in [0.05, 0.1) is 0 Å². The summed E-state index contributed by atoms with van der Waals surface area (Å²) < 4.78 is 0.0904. The Hall–Kier alpha value is 4.50. The van der Waals surface area contributed by atoms with Gasteiger partial charge in [-0.05, 0) is 37.9 Å². The van der Waals surface area contributed by atoms with Gasteiger partial charge < -0.3 is 0 Å². The van der Waals surface area contributed by atoms with Crippen LogP contribution < -0.4 is 0 Å². The van der Waals surface area contributed by atoms with Crippen molar-refractivity contribution < 1.29 is 0 Å². The van der Waals surface area contributed by atoms with Gasteiger partial charge in [0.2, 0.25) is 0 Å². The molecule has 0 saturated heterocycles. The van der Waals surface area contributed by atoms with Crippen molar-refractivity contribution in [3.8, 4) is 0 Å². The van der Waals surface area contributed by atoms with Crippen molar-refractivity contribution in [2.24, 2.45) is 0 Å². The van der Waals surface area contributed by atoms with Crippen LogP contribution in [0, 0.1) is 0 Å². The lowest BCUT2D eigenvalue weighted by atomic mass is 10.1. The zero-order chi connectivity index (χ0) is 16.1. The molecule has 0 atom stereocenters. The van der Waals surface area contributed by atoms with Crippen molar-refractivity contribution in [1.82, 2.24) is 0 Å². The highest BCUT2D eigenvalue weighted by atomic mass is 80.0. The quantitative estimate of drug-likeness (QED) is 0.227. The monoisotopic (exact) mass is 977 g/mol. The van der Waals surface area contributed by atoms with E-state index in [0.29, 0.717) is 0 Å². The molecule has 0 amide bonds. The fourth-order valence-electron chi connectivity index (χ4n) is 1.30. The molecule has 0 fully saturated rings. The van der Waals surface area contributed by atoms with Crippen LogP contribution in [0.1, 0.15) is 16.7 Å².